The molecule has 5 rings (SSSR count). The van der Waals surface area contributed by atoms with Crippen molar-refractivity contribution in [1.82, 2.24) is 0 Å². The van der Waals surface area contributed by atoms with Crippen molar-refractivity contribution in [3.05, 3.63) is 124 Å². The maximum absolute atomic E-state index is 15.2. The lowest BCUT2D eigenvalue weighted by Gasteiger charge is -2.13. The third kappa shape index (κ3) is 6.83. The van der Waals surface area contributed by atoms with Gasteiger partial charge in [-0.3, -0.25) is 9.52 Å². The molecule has 0 bridgehead atoms. The minimum absolute atomic E-state index is 0.0483. The van der Waals surface area contributed by atoms with Crippen LogP contribution < -0.4 is 14.8 Å². The second-order valence-electron chi connectivity index (χ2n) is 9.20. The molecule has 1 heterocycles. The maximum Gasteiger partial charge on any atom is 0.347 e. The van der Waals surface area contributed by atoms with Gasteiger partial charge in [0.2, 0.25) is 0 Å². The molecule has 0 saturated heterocycles. The largest absolute Gasteiger partial charge is 0.508 e. The molecule has 0 aliphatic rings. The van der Waals surface area contributed by atoms with E-state index in [0.717, 1.165) is 28.5 Å². The zero-order valence-corrected chi connectivity index (χ0v) is 23.8. The lowest BCUT2D eigenvalue weighted by Crippen LogP contribution is -2.16. The number of rotatable bonds is 10. The average molecular weight is 619 g/mol. The van der Waals surface area contributed by atoms with Crippen LogP contribution in [0.3, 0.4) is 0 Å². The number of hydrogen-bond donors (Lipinski definition) is 4. The SMILES string of the molecule is O=C(Nc1cccc(OCc2cccc(NS(=O)(=O)c3ccsc3C(=O)O)c2F)c1)c1ccc(-c2ccc(O)cc2)cc1. The van der Waals surface area contributed by atoms with Crippen LogP contribution in [0.4, 0.5) is 15.8 Å². The number of nitrogens with one attached hydrogen (secondary N) is 2. The predicted octanol–water partition coefficient (Wildman–Crippen LogP) is 6.59. The fourth-order valence-corrected chi connectivity index (χ4v) is 6.45. The molecule has 0 fully saturated rings. The summed E-state index contributed by atoms with van der Waals surface area (Å²) in [6.45, 7) is -0.254. The van der Waals surface area contributed by atoms with Gasteiger partial charge < -0.3 is 20.3 Å². The van der Waals surface area contributed by atoms with E-state index in [1.807, 2.05) is 0 Å². The lowest BCUT2D eigenvalue weighted by atomic mass is 10.0. The van der Waals surface area contributed by atoms with E-state index in [4.69, 9.17) is 4.74 Å². The molecule has 0 radical (unpaired) electrons. The van der Waals surface area contributed by atoms with Gasteiger partial charge in [0.05, 0.1) is 5.69 Å². The second kappa shape index (κ2) is 12.3. The number of aromatic hydroxyl groups is 1. The van der Waals surface area contributed by atoms with Gasteiger partial charge in [-0.25, -0.2) is 17.6 Å². The summed E-state index contributed by atoms with van der Waals surface area (Å²) in [6, 6.07) is 25.4. The minimum atomic E-state index is -4.36. The van der Waals surface area contributed by atoms with Crippen LogP contribution in [-0.4, -0.2) is 30.5 Å². The summed E-state index contributed by atoms with van der Waals surface area (Å²) in [7, 11) is -4.36. The summed E-state index contributed by atoms with van der Waals surface area (Å²) < 4.78 is 48.5. The van der Waals surface area contributed by atoms with Crippen LogP contribution in [0, 0.1) is 5.82 Å². The lowest BCUT2D eigenvalue weighted by molar-refractivity contribution is 0.0698. The number of thiophene rings is 1. The highest BCUT2D eigenvalue weighted by molar-refractivity contribution is 7.93. The molecule has 1 amide bonds. The van der Waals surface area contributed by atoms with E-state index >= 15 is 4.39 Å². The third-order valence-corrected chi connectivity index (χ3v) is 8.71. The molecule has 9 nitrogen and oxygen atoms in total. The van der Waals surface area contributed by atoms with Crippen LogP contribution in [0.5, 0.6) is 11.5 Å². The van der Waals surface area contributed by atoms with Crippen LogP contribution in [-0.2, 0) is 16.6 Å². The molecule has 5 aromatic rings. The highest BCUT2D eigenvalue weighted by Crippen LogP contribution is 2.28. The molecule has 0 unspecified atom stereocenters. The van der Waals surface area contributed by atoms with Crippen LogP contribution in [0.15, 0.2) is 107 Å². The number of ether oxygens (including phenoxy) is 1. The number of carboxylic acids is 1. The molecule has 1 aromatic heterocycles. The molecule has 0 saturated carbocycles. The zero-order valence-electron chi connectivity index (χ0n) is 22.2. The Morgan fingerprint density at radius 2 is 1.56 bits per heavy atom. The molecule has 0 atom stereocenters. The molecule has 0 spiro atoms. The van der Waals surface area contributed by atoms with E-state index < -0.39 is 26.7 Å². The molecule has 0 aliphatic carbocycles. The van der Waals surface area contributed by atoms with Crippen LogP contribution in [0.1, 0.15) is 25.6 Å². The number of benzene rings is 4. The number of hydrogen-bond acceptors (Lipinski definition) is 7. The molecule has 4 aromatic carbocycles. The second-order valence-corrected chi connectivity index (χ2v) is 11.8. The van der Waals surface area contributed by atoms with Crippen molar-refractivity contribution in [3.8, 4) is 22.6 Å². The normalized spacial score (nSPS) is 11.1. The van der Waals surface area contributed by atoms with Gasteiger partial charge in [-0.15, -0.1) is 11.3 Å². The average Bonchev–Trinajstić information content (AvgIpc) is 3.50. The first kappa shape index (κ1) is 29.3. The summed E-state index contributed by atoms with van der Waals surface area (Å²) in [5, 5.41) is 22.8. The van der Waals surface area contributed by atoms with E-state index in [2.05, 4.69) is 10.0 Å². The standard InChI is InChI=1S/C31H23FN2O7S2/c32-28-22(3-1-6-26(28)34-43(39,40)27-15-16-42-29(27)31(37)38)18-41-25-5-2-4-23(17-25)33-30(36)21-9-7-19(8-10-21)20-11-13-24(35)14-12-20/h1-17,34-35H,18H2,(H,33,36)(H,37,38). The van der Waals surface area contributed by atoms with Gasteiger partial charge in [0.25, 0.3) is 15.9 Å². The van der Waals surface area contributed by atoms with Gasteiger partial charge in [-0.2, -0.15) is 0 Å². The van der Waals surface area contributed by atoms with Crippen molar-refractivity contribution < 1.29 is 37.3 Å². The number of phenols is 1. The maximum atomic E-state index is 15.2. The Balaban J connectivity index is 1.23. The quantitative estimate of drug-likeness (QED) is 0.138. The first-order valence-corrected chi connectivity index (χ1v) is 15.0. The van der Waals surface area contributed by atoms with Crippen molar-refractivity contribution in [1.29, 1.82) is 0 Å². The Hall–Kier alpha value is -5.20. The predicted molar refractivity (Wildman–Crippen MR) is 161 cm³/mol. The summed E-state index contributed by atoms with van der Waals surface area (Å²) >= 11 is 0.746. The Kier molecular flexibility index (Phi) is 8.41. The monoisotopic (exact) mass is 618 g/mol. The summed E-state index contributed by atoms with van der Waals surface area (Å²) in [5.74, 6) is -2.13. The summed E-state index contributed by atoms with van der Waals surface area (Å²) in [6.07, 6.45) is 0. The molecule has 218 valence electrons. The molecule has 4 N–H and O–H groups in total. The van der Waals surface area contributed by atoms with E-state index in [1.165, 1.54) is 23.6 Å². The van der Waals surface area contributed by atoms with Gasteiger partial charge in [-0.05, 0) is 65.0 Å². The Morgan fingerprint density at radius 1 is 0.884 bits per heavy atom. The fourth-order valence-electron chi connectivity index (χ4n) is 4.13. The number of carbonyl (C=O) groups is 2. The fraction of sp³-hybridized carbons (Fsp3) is 0.0323. The Labute approximate surface area is 249 Å². The first-order chi connectivity index (χ1) is 20.6. The van der Waals surface area contributed by atoms with Gasteiger partial charge >= 0.3 is 5.97 Å². The van der Waals surface area contributed by atoms with E-state index in [9.17, 15) is 28.2 Å². The van der Waals surface area contributed by atoms with E-state index in [-0.39, 0.29) is 34.4 Å². The van der Waals surface area contributed by atoms with Crippen LogP contribution >= 0.6 is 11.3 Å². The minimum Gasteiger partial charge on any atom is -0.508 e. The number of sulfonamides is 1. The van der Waals surface area contributed by atoms with Crippen LogP contribution in [0.25, 0.3) is 11.1 Å². The zero-order chi connectivity index (χ0) is 30.6. The number of phenolic OH excluding ortho intramolecular Hbond substituents is 1. The smallest absolute Gasteiger partial charge is 0.347 e. The number of carbonyl (C=O) groups excluding carboxylic acids is 1. The molecule has 0 aliphatic heterocycles. The van der Waals surface area contributed by atoms with Crippen molar-refractivity contribution in [3.63, 3.8) is 0 Å². The molecular weight excluding hydrogens is 595 g/mol. The Morgan fingerprint density at radius 3 is 2.26 bits per heavy atom. The van der Waals surface area contributed by atoms with E-state index in [1.54, 1.807) is 72.8 Å². The van der Waals surface area contributed by atoms with Crippen molar-refractivity contribution >= 4 is 44.6 Å². The molecule has 43 heavy (non-hydrogen) atoms. The van der Waals surface area contributed by atoms with Gasteiger partial charge in [0.1, 0.15) is 27.9 Å². The van der Waals surface area contributed by atoms with Gasteiger partial charge in [-0.1, -0.05) is 42.5 Å². The van der Waals surface area contributed by atoms with Gasteiger partial charge in [0, 0.05) is 22.9 Å². The Bertz CT molecular complexity index is 1910. The highest BCUT2D eigenvalue weighted by Gasteiger charge is 2.25. The van der Waals surface area contributed by atoms with Crippen LogP contribution in [0.2, 0.25) is 0 Å². The van der Waals surface area contributed by atoms with E-state index in [0.29, 0.717) is 17.0 Å². The number of aromatic carboxylic acids is 1. The molecule has 12 heteroatoms. The summed E-state index contributed by atoms with van der Waals surface area (Å²) in [5.41, 5.74) is 2.33. The number of amides is 1. The summed E-state index contributed by atoms with van der Waals surface area (Å²) in [4.78, 5) is 23.3. The number of halogens is 1. The third-order valence-electron chi connectivity index (χ3n) is 6.27. The van der Waals surface area contributed by atoms with Crippen molar-refractivity contribution in [2.75, 3.05) is 10.0 Å². The topological polar surface area (TPSA) is 142 Å². The number of carboxylic acid groups (broad SMARTS) is 1. The molecular formula is C31H23FN2O7S2. The first-order valence-electron chi connectivity index (χ1n) is 12.7. The van der Waals surface area contributed by atoms with Crippen molar-refractivity contribution in [2.45, 2.75) is 11.5 Å². The number of anilines is 2. The van der Waals surface area contributed by atoms with Gasteiger partial charge in [0.15, 0.2) is 5.82 Å². The van der Waals surface area contributed by atoms with Crippen molar-refractivity contribution in [2.24, 2.45) is 0 Å². The highest BCUT2D eigenvalue weighted by atomic mass is 32.2.